The van der Waals surface area contributed by atoms with Gasteiger partial charge in [-0.05, 0) is 198 Å². The van der Waals surface area contributed by atoms with Gasteiger partial charge in [-0.3, -0.25) is 0 Å². The molecule has 0 fully saturated rings. The van der Waals surface area contributed by atoms with Gasteiger partial charge in [0.25, 0.3) is 0 Å². The second kappa shape index (κ2) is 24.0. The number of benzene rings is 16. The Morgan fingerprint density at radius 3 is 1.13 bits per heavy atom. The highest BCUT2D eigenvalue weighted by atomic mass is 32.1. The number of anilines is 6. The van der Waals surface area contributed by atoms with E-state index in [0.29, 0.717) is 0 Å². The van der Waals surface area contributed by atoms with E-state index in [4.69, 9.17) is 4.42 Å². The van der Waals surface area contributed by atoms with Gasteiger partial charge >= 0.3 is 0 Å². The van der Waals surface area contributed by atoms with Gasteiger partial charge in [-0.2, -0.15) is 0 Å². The highest BCUT2D eigenvalue weighted by molar-refractivity contribution is 7.25. The second-order valence-corrected chi connectivity index (χ2v) is 28.1. The van der Waals surface area contributed by atoms with Crippen LogP contribution in [0.25, 0.3) is 97.7 Å². The topological polar surface area (TPSA) is 19.6 Å². The zero-order valence-corrected chi connectivity index (χ0v) is 56.5. The number of fused-ring (bicyclic) bond motifs is 12. The van der Waals surface area contributed by atoms with Crippen LogP contribution in [0.15, 0.2) is 393 Å². The Balaban J connectivity index is 0.670. The van der Waals surface area contributed by atoms with Gasteiger partial charge in [0.05, 0.1) is 10.8 Å². The fraction of sp³-hybridized carbons (Fsp3) is 0.0204. The molecule has 0 amide bonds. The van der Waals surface area contributed by atoms with E-state index in [-0.39, 0.29) is 0 Å². The molecule has 0 spiro atoms. The van der Waals surface area contributed by atoms with Crippen molar-refractivity contribution in [1.29, 1.82) is 0 Å². The fourth-order valence-electron chi connectivity index (χ4n) is 17.2. The van der Waals surface area contributed by atoms with Crippen LogP contribution in [0.3, 0.4) is 0 Å². The number of hydrogen-bond donors (Lipinski definition) is 0. The van der Waals surface area contributed by atoms with Gasteiger partial charge in [0.2, 0.25) is 0 Å². The minimum absolute atomic E-state index is 0.527. The summed E-state index contributed by atoms with van der Waals surface area (Å²) in [5.41, 5.74) is 28.9. The van der Waals surface area contributed by atoms with Gasteiger partial charge in [-0.15, -0.1) is 11.3 Å². The highest BCUT2D eigenvalue weighted by Gasteiger charge is 2.48. The summed E-state index contributed by atoms with van der Waals surface area (Å²) in [7, 11) is 0. The summed E-state index contributed by atoms with van der Waals surface area (Å²) in [5.74, 6) is 0. The first kappa shape index (κ1) is 59.2. The van der Waals surface area contributed by atoms with E-state index in [1.807, 2.05) is 17.4 Å². The number of rotatable bonds is 13. The molecule has 18 aromatic rings. The number of para-hydroxylation sites is 4. The van der Waals surface area contributed by atoms with Crippen molar-refractivity contribution in [2.75, 3.05) is 9.80 Å². The molecular formula is C98H64N2OS. The third-order valence-electron chi connectivity index (χ3n) is 21.6. The Labute approximate surface area is 597 Å². The lowest BCUT2D eigenvalue weighted by Gasteiger charge is -2.35. The molecule has 2 aromatic heterocycles. The molecule has 0 radical (unpaired) electrons. The first-order valence-corrected chi connectivity index (χ1v) is 35.9. The lowest BCUT2D eigenvalue weighted by Crippen LogP contribution is -2.28. The summed E-state index contributed by atoms with van der Waals surface area (Å²) < 4.78 is 9.16. The third-order valence-corrected chi connectivity index (χ3v) is 22.8. The van der Waals surface area contributed by atoms with Gasteiger partial charge in [0.1, 0.15) is 11.2 Å². The molecule has 1 atom stereocenters. The normalized spacial score (nSPS) is 14.0. The molecular weight excluding hydrogens is 1250 g/mol. The Morgan fingerprint density at radius 1 is 0.216 bits per heavy atom. The number of nitrogens with zero attached hydrogens (tertiary/aromatic N) is 2. The monoisotopic (exact) mass is 1320 g/mol. The summed E-state index contributed by atoms with van der Waals surface area (Å²) in [4.78, 5) is 4.84. The molecule has 2 aliphatic rings. The van der Waals surface area contributed by atoms with E-state index < -0.39 is 10.8 Å². The molecule has 2 heterocycles. The first-order valence-electron chi connectivity index (χ1n) is 35.1. The fourth-order valence-corrected chi connectivity index (χ4v) is 18.2. The number of furan rings is 1. The van der Waals surface area contributed by atoms with Gasteiger partial charge in [0, 0.05) is 70.6 Å². The molecule has 0 saturated heterocycles. The molecule has 2 aliphatic carbocycles. The van der Waals surface area contributed by atoms with Crippen LogP contribution in [0.5, 0.6) is 0 Å². The standard InChI is InChI=1S/C98H64N2OS/c1-6-27-70(28-7-1)97(71-29-8-2-9-30-71)89-44-19-16-39-81(89)83-55-53-78(63-91(83)97)99(74-33-12-4-13-34-74)76-37-22-25-66(59-76)68-50-58-95-88(62-68)87-61-67(49-57-94(87)102-95)65-47-51-73(52-48-65)98(72-31-10-3-11-32-72)90-45-20-17-40-82(90)84-56-54-79(64-92(84)98)100(75-35-14-5-15-36-75)77-38-23-26-69(60-77)80-42-24-43-86-85-41-18-21-46-93(85)101-96(80)86/h1-64H. The van der Waals surface area contributed by atoms with E-state index >= 15 is 0 Å². The molecule has 0 N–H and O–H groups in total. The van der Waals surface area contributed by atoms with Crippen molar-refractivity contribution in [3.8, 4) is 55.6 Å². The average Bonchev–Trinajstić information content (AvgIpc) is 1.53. The van der Waals surface area contributed by atoms with Crippen LogP contribution in [-0.4, -0.2) is 0 Å². The van der Waals surface area contributed by atoms with Crippen molar-refractivity contribution < 1.29 is 4.42 Å². The lowest BCUT2D eigenvalue weighted by molar-refractivity contribution is 0.670. The van der Waals surface area contributed by atoms with Crippen LogP contribution in [-0.2, 0) is 10.8 Å². The molecule has 102 heavy (non-hydrogen) atoms. The Bertz CT molecular complexity index is 6220. The van der Waals surface area contributed by atoms with Crippen LogP contribution in [0.2, 0.25) is 0 Å². The molecule has 0 bridgehead atoms. The summed E-state index contributed by atoms with van der Waals surface area (Å²) in [5, 5.41) is 4.75. The van der Waals surface area contributed by atoms with Crippen LogP contribution in [0, 0.1) is 0 Å². The van der Waals surface area contributed by atoms with Crippen molar-refractivity contribution in [2.45, 2.75) is 10.8 Å². The van der Waals surface area contributed by atoms with E-state index in [9.17, 15) is 0 Å². The van der Waals surface area contributed by atoms with Crippen molar-refractivity contribution >= 4 is 87.6 Å². The zero-order valence-electron chi connectivity index (χ0n) is 55.7. The van der Waals surface area contributed by atoms with E-state index in [1.165, 1.54) is 104 Å². The van der Waals surface area contributed by atoms with Gasteiger partial charge in [0.15, 0.2) is 0 Å². The summed E-state index contributed by atoms with van der Waals surface area (Å²) in [6.45, 7) is 0. The van der Waals surface area contributed by atoms with Gasteiger partial charge in [-0.1, -0.05) is 285 Å². The predicted octanol–water partition coefficient (Wildman–Crippen LogP) is 26.6. The quantitative estimate of drug-likeness (QED) is 0.115. The zero-order chi connectivity index (χ0) is 67.3. The highest BCUT2D eigenvalue weighted by Crippen LogP contribution is 2.60. The Kier molecular flexibility index (Phi) is 13.9. The van der Waals surface area contributed by atoms with Gasteiger partial charge < -0.3 is 14.2 Å². The smallest absolute Gasteiger partial charge is 0.143 e. The molecule has 4 heteroatoms. The van der Waals surface area contributed by atoms with E-state index in [1.54, 1.807) is 0 Å². The van der Waals surface area contributed by atoms with Crippen molar-refractivity contribution in [2.24, 2.45) is 0 Å². The minimum Gasteiger partial charge on any atom is -0.455 e. The number of hydrogen-bond acceptors (Lipinski definition) is 4. The molecule has 3 nitrogen and oxygen atoms in total. The second-order valence-electron chi connectivity index (χ2n) is 27.0. The molecule has 0 aliphatic heterocycles. The van der Waals surface area contributed by atoms with Crippen molar-refractivity contribution in [3.63, 3.8) is 0 Å². The molecule has 478 valence electrons. The SMILES string of the molecule is c1ccc(N(c2cccc(-c3ccc4sc5ccc(-c6ccc(C7(c8ccccc8)c8ccccc8-c8ccc(N(c9ccccc9)c9cccc(-c%10cccc%11c%10oc%10ccccc%10%11)c9)cc87)cc6)cc5c4c3)c2)c2ccc3c(c2)C(c2ccccc2)(c2ccccc2)c2ccccc2-3)cc1. The number of thiophene rings is 1. The molecule has 1 unspecified atom stereocenters. The minimum atomic E-state index is -0.646. The largest absolute Gasteiger partial charge is 0.455 e. The Morgan fingerprint density at radius 2 is 0.588 bits per heavy atom. The molecule has 20 rings (SSSR count). The first-order chi connectivity index (χ1) is 50.6. The lowest BCUT2D eigenvalue weighted by atomic mass is 9.67. The summed E-state index contributed by atoms with van der Waals surface area (Å²) in [6.07, 6.45) is 0. The van der Waals surface area contributed by atoms with Crippen LogP contribution in [0.1, 0.15) is 44.5 Å². The van der Waals surface area contributed by atoms with Gasteiger partial charge in [-0.25, -0.2) is 0 Å². The van der Waals surface area contributed by atoms with Crippen molar-refractivity contribution in [3.05, 3.63) is 433 Å². The molecule has 16 aromatic carbocycles. The maximum Gasteiger partial charge on any atom is 0.143 e. The Hall–Kier alpha value is -12.9. The van der Waals surface area contributed by atoms with E-state index in [2.05, 4.69) is 392 Å². The van der Waals surface area contributed by atoms with Crippen LogP contribution < -0.4 is 9.80 Å². The molecule has 0 saturated carbocycles. The maximum absolute atomic E-state index is 6.62. The van der Waals surface area contributed by atoms with Crippen LogP contribution >= 0.6 is 11.3 Å². The maximum atomic E-state index is 6.62. The van der Waals surface area contributed by atoms with Crippen molar-refractivity contribution in [1.82, 2.24) is 0 Å². The van der Waals surface area contributed by atoms with Crippen LogP contribution in [0.4, 0.5) is 34.1 Å². The summed E-state index contributed by atoms with van der Waals surface area (Å²) in [6, 6.07) is 144. The van der Waals surface area contributed by atoms with E-state index in [0.717, 1.165) is 72.8 Å². The average molecular weight is 1320 g/mol. The predicted molar refractivity (Wildman–Crippen MR) is 427 cm³/mol. The summed E-state index contributed by atoms with van der Waals surface area (Å²) >= 11 is 1.86. The third kappa shape index (κ3) is 9.27.